The van der Waals surface area contributed by atoms with Gasteiger partial charge in [0, 0.05) is 24.7 Å². The fourth-order valence-corrected chi connectivity index (χ4v) is 3.24. The summed E-state index contributed by atoms with van der Waals surface area (Å²) in [6, 6.07) is 8.70. The topological polar surface area (TPSA) is 21.3 Å². The molecule has 0 radical (unpaired) electrons. The van der Waals surface area contributed by atoms with Gasteiger partial charge in [0.05, 0.1) is 6.61 Å². The van der Waals surface area contributed by atoms with Crippen molar-refractivity contribution in [3.05, 3.63) is 34.3 Å². The Hall–Kier alpha value is -0.380. The van der Waals surface area contributed by atoms with Crippen molar-refractivity contribution < 1.29 is 4.74 Å². The molecule has 1 aliphatic rings. The third kappa shape index (κ3) is 4.59. The zero-order valence-corrected chi connectivity index (χ0v) is 13.5. The molecule has 1 aliphatic carbocycles. The Morgan fingerprint density at radius 3 is 2.84 bits per heavy atom. The van der Waals surface area contributed by atoms with E-state index in [0.29, 0.717) is 5.41 Å². The molecule has 0 aliphatic heterocycles. The Morgan fingerprint density at radius 1 is 1.42 bits per heavy atom. The largest absolute Gasteiger partial charge is 0.383 e. The first kappa shape index (κ1) is 15.0. The maximum absolute atomic E-state index is 5.10. The Labute approximate surface area is 125 Å². The lowest BCUT2D eigenvalue weighted by Gasteiger charge is -2.30. The molecule has 106 valence electrons. The molecule has 0 saturated heterocycles. The van der Waals surface area contributed by atoms with E-state index in [1.807, 2.05) is 0 Å². The maximum atomic E-state index is 5.10. The van der Waals surface area contributed by atoms with E-state index in [1.54, 1.807) is 7.11 Å². The lowest BCUT2D eigenvalue weighted by molar-refractivity contribution is 0.187. The molecule has 0 bridgehead atoms. The molecule has 0 amide bonds. The second-order valence-electron chi connectivity index (χ2n) is 5.90. The molecule has 0 aromatic heterocycles. The summed E-state index contributed by atoms with van der Waals surface area (Å²) in [6.45, 7) is 5.23. The molecule has 1 unspecified atom stereocenters. The van der Waals surface area contributed by atoms with E-state index in [2.05, 4.69) is 52.4 Å². The van der Waals surface area contributed by atoms with Gasteiger partial charge in [-0.05, 0) is 48.3 Å². The van der Waals surface area contributed by atoms with Gasteiger partial charge < -0.3 is 10.1 Å². The number of methoxy groups -OCH3 is 1. The summed E-state index contributed by atoms with van der Waals surface area (Å²) >= 11 is 3.56. The van der Waals surface area contributed by atoms with E-state index in [4.69, 9.17) is 4.74 Å². The number of benzene rings is 1. The van der Waals surface area contributed by atoms with Gasteiger partial charge in [-0.25, -0.2) is 0 Å². The van der Waals surface area contributed by atoms with Crippen molar-refractivity contribution in [1.82, 2.24) is 5.32 Å². The summed E-state index contributed by atoms with van der Waals surface area (Å²) in [5.41, 5.74) is 1.80. The van der Waals surface area contributed by atoms with Crippen LogP contribution >= 0.6 is 15.9 Å². The normalized spacial score (nSPS) is 18.3. The van der Waals surface area contributed by atoms with E-state index < -0.39 is 0 Å². The molecule has 19 heavy (non-hydrogen) atoms. The first-order chi connectivity index (χ1) is 9.14. The predicted molar refractivity (Wildman–Crippen MR) is 83.4 cm³/mol. The Balaban J connectivity index is 1.94. The van der Waals surface area contributed by atoms with Gasteiger partial charge in [-0.3, -0.25) is 0 Å². The highest BCUT2D eigenvalue weighted by atomic mass is 79.9. The van der Waals surface area contributed by atoms with Crippen molar-refractivity contribution in [3.63, 3.8) is 0 Å². The van der Waals surface area contributed by atoms with Gasteiger partial charge >= 0.3 is 0 Å². The van der Waals surface area contributed by atoms with Crippen molar-refractivity contribution in [1.29, 1.82) is 0 Å². The molecular weight excluding hydrogens is 302 g/mol. The van der Waals surface area contributed by atoms with E-state index in [-0.39, 0.29) is 0 Å². The van der Waals surface area contributed by atoms with Gasteiger partial charge in [-0.2, -0.15) is 0 Å². The lowest BCUT2D eigenvalue weighted by Crippen LogP contribution is -2.37. The fraction of sp³-hybridized carbons (Fsp3) is 0.625. The average Bonchev–Trinajstić information content (AvgIpc) is 3.19. The number of hydrogen-bond donors (Lipinski definition) is 1. The summed E-state index contributed by atoms with van der Waals surface area (Å²) in [4.78, 5) is 0. The van der Waals surface area contributed by atoms with Crippen LogP contribution in [-0.2, 0) is 11.2 Å². The van der Waals surface area contributed by atoms with E-state index in [1.165, 1.54) is 22.9 Å². The number of hydrogen-bond acceptors (Lipinski definition) is 2. The van der Waals surface area contributed by atoms with Crippen molar-refractivity contribution in [2.24, 2.45) is 11.3 Å². The van der Waals surface area contributed by atoms with Crippen LogP contribution in [-0.4, -0.2) is 26.8 Å². The molecule has 1 atom stereocenters. The Morgan fingerprint density at radius 2 is 2.21 bits per heavy atom. The van der Waals surface area contributed by atoms with Crippen molar-refractivity contribution in [2.45, 2.75) is 26.2 Å². The lowest BCUT2D eigenvalue weighted by atomic mass is 9.79. The van der Waals surface area contributed by atoms with Crippen LogP contribution < -0.4 is 5.32 Å². The van der Waals surface area contributed by atoms with Crippen molar-refractivity contribution >= 4 is 15.9 Å². The minimum atomic E-state index is 0.370. The van der Waals surface area contributed by atoms with Gasteiger partial charge in [0.15, 0.2) is 0 Å². The SMILES string of the molecule is COCCNCC(C)(Cc1cccc(Br)c1)C1CC1. The second-order valence-corrected chi connectivity index (χ2v) is 6.82. The van der Waals surface area contributed by atoms with Crippen LogP contribution in [0.5, 0.6) is 0 Å². The molecule has 1 N–H and O–H groups in total. The van der Waals surface area contributed by atoms with Crippen molar-refractivity contribution in [3.8, 4) is 0 Å². The second kappa shape index (κ2) is 6.87. The van der Waals surface area contributed by atoms with Crippen LogP contribution in [0.25, 0.3) is 0 Å². The summed E-state index contributed by atoms with van der Waals surface area (Å²) < 4.78 is 6.27. The zero-order chi connectivity index (χ0) is 13.7. The van der Waals surface area contributed by atoms with Crippen LogP contribution in [0.1, 0.15) is 25.3 Å². The molecule has 1 fully saturated rings. The summed E-state index contributed by atoms with van der Waals surface area (Å²) in [7, 11) is 1.75. The first-order valence-electron chi connectivity index (χ1n) is 7.08. The minimum absolute atomic E-state index is 0.370. The maximum Gasteiger partial charge on any atom is 0.0587 e. The highest BCUT2D eigenvalue weighted by Gasteiger charge is 2.40. The Bertz CT molecular complexity index is 405. The van der Waals surface area contributed by atoms with E-state index in [0.717, 1.165) is 32.0 Å². The summed E-state index contributed by atoms with van der Waals surface area (Å²) in [5, 5.41) is 3.55. The number of nitrogens with one attached hydrogen (secondary N) is 1. The standard InChI is InChI=1S/C16H24BrNO/c1-16(14-6-7-14,12-18-8-9-19-2)11-13-4-3-5-15(17)10-13/h3-5,10,14,18H,6-9,11-12H2,1-2H3. The van der Waals surface area contributed by atoms with Crippen LogP contribution in [0.3, 0.4) is 0 Å². The highest BCUT2D eigenvalue weighted by Crippen LogP contribution is 2.47. The molecular formula is C16H24BrNO. The highest BCUT2D eigenvalue weighted by molar-refractivity contribution is 9.10. The number of halogens is 1. The van der Waals surface area contributed by atoms with E-state index in [9.17, 15) is 0 Å². The molecule has 1 aromatic rings. The van der Waals surface area contributed by atoms with Gasteiger partial charge in [0.2, 0.25) is 0 Å². The molecule has 2 rings (SSSR count). The molecule has 1 saturated carbocycles. The first-order valence-corrected chi connectivity index (χ1v) is 7.87. The monoisotopic (exact) mass is 325 g/mol. The molecule has 1 aromatic carbocycles. The predicted octanol–water partition coefficient (Wildman–Crippen LogP) is 3.64. The number of rotatable bonds is 8. The van der Waals surface area contributed by atoms with Gasteiger partial charge in [-0.1, -0.05) is 35.0 Å². The molecule has 0 heterocycles. The van der Waals surface area contributed by atoms with Crippen molar-refractivity contribution in [2.75, 3.05) is 26.8 Å². The van der Waals surface area contributed by atoms with Crippen LogP contribution in [0.15, 0.2) is 28.7 Å². The van der Waals surface area contributed by atoms with Gasteiger partial charge in [-0.15, -0.1) is 0 Å². The number of ether oxygens (including phenoxy) is 1. The van der Waals surface area contributed by atoms with Crippen LogP contribution in [0, 0.1) is 11.3 Å². The Kier molecular flexibility index (Phi) is 5.43. The quantitative estimate of drug-likeness (QED) is 0.737. The fourth-order valence-electron chi connectivity index (χ4n) is 2.79. The van der Waals surface area contributed by atoms with Crippen LogP contribution in [0.2, 0.25) is 0 Å². The molecule has 2 nitrogen and oxygen atoms in total. The van der Waals surface area contributed by atoms with Crippen LogP contribution in [0.4, 0.5) is 0 Å². The van der Waals surface area contributed by atoms with Gasteiger partial charge in [0.25, 0.3) is 0 Å². The third-order valence-corrected chi connectivity index (χ3v) is 4.56. The minimum Gasteiger partial charge on any atom is -0.383 e. The smallest absolute Gasteiger partial charge is 0.0587 e. The molecule has 3 heteroatoms. The molecule has 0 spiro atoms. The summed E-state index contributed by atoms with van der Waals surface area (Å²) in [5.74, 6) is 0.876. The van der Waals surface area contributed by atoms with Gasteiger partial charge in [0.1, 0.15) is 0 Å². The summed E-state index contributed by atoms with van der Waals surface area (Å²) in [6.07, 6.45) is 3.92. The average molecular weight is 326 g/mol. The van der Waals surface area contributed by atoms with E-state index >= 15 is 0 Å². The third-order valence-electron chi connectivity index (χ3n) is 4.07. The zero-order valence-electron chi connectivity index (χ0n) is 11.9.